The molecule has 13 nitrogen and oxygen atoms in total. The predicted octanol–water partition coefficient (Wildman–Crippen LogP) is 4.40. The van der Waals surface area contributed by atoms with Crippen LogP contribution in [0.25, 0.3) is 21.6 Å². The number of benzene rings is 2. The lowest BCUT2D eigenvalue weighted by Gasteiger charge is -2.18. The van der Waals surface area contributed by atoms with Crippen LogP contribution in [-0.4, -0.2) is 82.4 Å². The average molecular weight is 637 g/mol. The van der Waals surface area contributed by atoms with E-state index in [0.29, 0.717) is 65.2 Å². The van der Waals surface area contributed by atoms with Crippen LogP contribution in [0.1, 0.15) is 62.5 Å². The van der Waals surface area contributed by atoms with Gasteiger partial charge < -0.3 is 30.2 Å². The van der Waals surface area contributed by atoms with Crippen molar-refractivity contribution in [3.8, 4) is 11.1 Å². The second-order valence-electron chi connectivity index (χ2n) is 10.9. The number of carbonyl (C=O) groups excluding carboxylic acids is 4. The van der Waals surface area contributed by atoms with E-state index in [9.17, 15) is 19.2 Å². The summed E-state index contributed by atoms with van der Waals surface area (Å²) in [6.07, 6.45) is 1.96. The Kier molecular flexibility index (Phi) is 16.1. The Hall–Kier alpha value is -4.45. The Labute approximate surface area is 269 Å². The summed E-state index contributed by atoms with van der Waals surface area (Å²) in [7, 11) is 0. The fourth-order valence-electron chi connectivity index (χ4n) is 5.18. The standard InChI is InChI=1S/C33H44N6O7/c1-24(40)30(38-33(43)46-23-29-27-11-4-2-9-25(27)26-10-3-5-12-28(26)29)13-6-7-16-35-31(41)14-8-15-32(42)36-17-19-44-21-22-45-20-18-37-39-34/h2-5,9-12,29-30H,6-8,13-23H2,1H3,(H,35,41)(H,36,42)(H,38,43)/t30-/m0/s1. The van der Waals surface area contributed by atoms with E-state index in [-0.39, 0.29) is 49.5 Å². The number of amides is 3. The molecular weight excluding hydrogens is 592 g/mol. The van der Waals surface area contributed by atoms with E-state index in [4.69, 9.17) is 19.7 Å². The third-order valence-corrected chi connectivity index (χ3v) is 7.52. The summed E-state index contributed by atoms with van der Waals surface area (Å²) in [6, 6.07) is 15.5. The number of rotatable bonds is 22. The molecule has 248 valence electrons. The number of nitrogens with zero attached hydrogens (tertiary/aromatic N) is 3. The highest BCUT2D eigenvalue weighted by atomic mass is 16.5. The molecule has 3 N–H and O–H groups in total. The number of ketones is 1. The molecule has 0 radical (unpaired) electrons. The van der Waals surface area contributed by atoms with Crippen LogP contribution >= 0.6 is 0 Å². The van der Waals surface area contributed by atoms with E-state index in [1.54, 1.807) is 0 Å². The van der Waals surface area contributed by atoms with E-state index >= 15 is 0 Å². The van der Waals surface area contributed by atoms with Gasteiger partial charge in [-0.1, -0.05) is 53.6 Å². The van der Waals surface area contributed by atoms with Gasteiger partial charge in [0.1, 0.15) is 6.61 Å². The predicted molar refractivity (Wildman–Crippen MR) is 172 cm³/mol. The lowest BCUT2D eigenvalue weighted by atomic mass is 9.98. The molecule has 2 aromatic carbocycles. The minimum absolute atomic E-state index is 0.0631. The number of azide groups is 1. The topological polar surface area (TPSA) is 181 Å². The van der Waals surface area contributed by atoms with Crippen LogP contribution in [0.2, 0.25) is 0 Å². The van der Waals surface area contributed by atoms with Crippen molar-refractivity contribution >= 4 is 23.7 Å². The summed E-state index contributed by atoms with van der Waals surface area (Å²) < 4.78 is 16.1. The highest BCUT2D eigenvalue weighted by Gasteiger charge is 2.29. The SMILES string of the molecule is CC(=O)[C@H](CCCCNC(=O)CCCC(=O)NCCOCCOCCN=[N+]=[N-])NC(=O)OCC1c2ccccc2-c2ccccc21. The molecule has 13 heteroatoms. The van der Waals surface area contributed by atoms with Gasteiger partial charge in [-0.15, -0.1) is 0 Å². The Morgan fingerprint density at radius 3 is 2.07 bits per heavy atom. The highest BCUT2D eigenvalue weighted by Crippen LogP contribution is 2.44. The number of carbonyl (C=O) groups is 4. The molecule has 1 atom stereocenters. The fourth-order valence-corrected chi connectivity index (χ4v) is 5.18. The van der Waals surface area contributed by atoms with Crippen LogP contribution in [0.4, 0.5) is 4.79 Å². The van der Waals surface area contributed by atoms with Crippen LogP contribution in [0.3, 0.4) is 0 Å². The van der Waals surface area contributed by atoms with Gasteiger partial charge in [0.25, 0.3) is 0 Å². The van der Waals surface area contributed by atoms with Crippen LogP contribution < -0.4 is 16.0 Å². The third-order valence-electron chi connectivity index (χ3n) is 7.52. The Bertz CT molecular complexity index is 1300. The van der Waals surface area contributed by atoms with E-state index in [0.717, 1.165) is 22.3 Å². The number of nitrogens with one attached hydrogen (secondary N) is 3. The number of hydrogen-bond acceptors (Lipinski definition) is 8. The monoisotopic (exact) mass is 636 g/mol. The van der Waals surface area contributed by atoms with Crippen molar-refractivity contribution < 1.29 is 33.4 Å². The maximum Gasteiger partial charge on any atom is 0.407 e. The van der Waals surface area contributed by atoms with Crippen LogP contribution in [0, 0.1) is 0 Å². The van der Waals surface area contributed by atoms with Crippen LogP contribution in [0.15, 0.2) is 53.6 Å². The van der Waals surface area contributed by atoms with E-state index in [2.05, 4.69) is 38.1 Å². The van der Waals surface area contributed by atoms with Crippen molar-refractivity contribution in [1.82, 2.24) is 16.0 Å². The molecule has 0 saturated heterocycles. The summed E-state index contributed by atoms with van der Waals surface area (Å²) >= 11 is 0. The molecule has 46 heavy (non-hydrogen) atoms. The van der Waals surface area contributed by atoms with E-state index < -0.39 is 12.1 Å². The molecule has 0 aromatic heterocycles. The number of ether oxygens (including phenoxy) is 3. The fraction of sp³-hybridized carbons (Fsp3) is 0.515. The molecule has 0 heterocycles. The number of unbranched alkanes of at least 4 members (excludes halogenated alkanes) is 1. The molecule has 0 aliphatic heterocycles. The number of hydrogen-bond donors (Lipinski definition) is 3. The van der Waals surface area contributed by atoms with Gasteiger partial charge in [0, 0.05) is 43.3 Å². The van der Waals surface area contributed by atoms with Gasteiger partial charge in [-0.3, -0.25) is 14.4 Å². The molecular formula is C33H44N6O7. The van der Waals surface area contributed by atoms with Gasteiger partial charge in [0.15, 0.2) is 5.78 Å². The molecule has 3 amide bonds. The van der Waals surface area contributed by atoms with Crippen molar-refractivity contribution in [3.05, 3.63) is 70.1 Å². The Morgan fingerprint density at radius 1 is 0.826 bits per heavy atom. The number of fused-ring (bicyclic) bond motifs is 3. The second kappa shape index (κ2) is 20.6. The highest BCUT2D eigenvalue weighted by molar-refractivity contribution is 5.85. The maximum atomic E-state index is 12.6. The summed E-state index contributed by atoms with van der Waals surface area (Å²) in [5, 5.41) is 11.6. The zero-order valence-electron chi connectivity index (χ0n) is 26.4. The minimum Gasteiger partial charge on any atom is -0.449 e. The van der Waals surface area contributed by atoms with Crippen molar-refractivity contribution in [2.45, 2.75) is 57.4 Å². The summed E-state index contributed by atoms with van der Waals surface area (Å²) in [6.45, 7) is 4.11. The first-order valence-electron chi connectivity index (χ1n) is 15.7. The van der Waals surface area contributed by atoms with E-state index in [1.807, 2.05) is 36.4 Å². The van der Waals surface area contributed by atoms with Gasteiger partial charge in [-0.2, -0.15) is 0 Å². The second-order valence-corrected chi connectivity index (χ2v) is 10.9. The molecule has 0 fully saturated rings. The first kappa shape index (κ1) is 36.0. The van der Waals surface area contributed by atoms with Gasteiger partial charge in [0.2, 0.25) is 11.8 Å². The summed E-state index contributed by atoms with van der Waals surface area (Å²) in [4.78, 5) is 51.5. The third kappa shape index (κ3) is 12.5. The quantitative estimate of drug-likeness (QED) is 0.0741. The summed E-state index contributed by atoms with van der Waals surface area (Å²) in [5.74, 6) is -0.514. The molecule has 1 aliphatic rings. The van der Waals surface area contributed by atoms with Gasteiger partial charge >= 0.3 is 6.09 Å². The smallest absolute Gasteiger partial charge is 0.407 e. The Balaban J connectivity index is 1.22. The van der Waals surface area contributed by atoms with Crippen LogP contribution in [0.5, 0.6) is 0 Å². The van der Waals surface area contributed by atoms with Gasteiger partial charge in [-0.25, -0.2) is 4.79 Å². The van der Waals surface area contributed by atoms with Crippen molar-refractivity contribution in [1.29, 1.82) is 0 Å². The zero-order chi connectivity index (χ0) is 33.0. The van der Waals surface area contributed by atoms with Gasteiger partial charge in [-0.05, 0) is 60.4 Å². The average Bonchev–Trinajstić information content (AvgIpc) is 3.37. The van der Waals surface area contributed by atoms with Gasteiger partial charge in [0.05, 0.1) is 32.5 Å². The zero-order valence-corrected chi connectivity index (χ0v) is 26.4. The molecule has 0 saturated carbocycles. The first-order chi connectivity index (χ1) is 22.4. The summed E-state index contributed by atoms with van der Waals surface area (Å²) in [5.41, 5.74) is 12.7. The minimum atomic E-state index is -0.668. The number of alkyl carbamates (subject to hydrolysis) is 1. The van der Waals surface area contributed by atoms with Crippen molar-refractivity contribution in [3.63, 3.8) is 0 Å². The normalized spacial score (nSPS) is 12.3. The van der Waals surface area contributed by atoms with E-state index in [1.165, 1.54) is 6.92 Å². The molecule has 0 unspecified atom stereocenters. The molecule has 3 rings (SSSR count). The van der Waals surface area contributed by atoms with Crippen molar-refractivity contribution in [2.24, 2.45) is 5.11 Å². The molecule has 2 aromatic rings. The molecule has 0 bridgehead atoms. The van der Waals surface area contributed by atoms with Crippen LogP contribution in [-0.2, 0) is 28.6 Å². The largest absolute Gasteiger partial charge is 0.449 e. The number of Topliss-reactive ketones (excluding diaryl/α,β-unsaturated/α-hetero) is 1. The first-order valence-corrected chi connectivity index (χ1v) is 15.7. The molecule has 0 spiro atoms. The van der Waals surface area contributed by atoms with Crippen molar-refractivity contribution in [2.75, 3.05) is 52.7 Å². The lowest BCUT2D eigenvalue weighted by molar-refractivity contribution is -0.123. The molecule has 1 aliphatic carbocycles. The lowest BCUT2D eigenvalue weighted by Crippen LogP contribution is -2.40. The Morgan fingerprint density at radius 2 is 1.43 bits per heavy atom. The maximum absolute atomic E-state index is 12.6.